The summed E-state index contributed by atoms with van der Waals surface area (Å²) >= 11 is 0. The SMILES string of the molecule is CC(C)c1c(Cc2ccc(N(C)C)cc2)nnn1[C@@]1(O)O[C@H](CO)[C@@H](O)[C@H](O)[C@H]1O. The lowest BCUT2D eigenvalue weighted by atomic mass is 9.95. The summed E-state index contributed by atoms with van der Waals surface area (Å²) in [5, 5.41) is 59.3. The number of anilines is 1. The number of nitrogens with zero attached hydrogens (tertiary/aromatic N) is 4. The van der Waals surface area contributed by atoms with Crippen molar-refractivity contribution in [3.8, 4) is 0 Å². The Morgan fingerprint density at radius 2 is 1.77 bits per heavy atom. The van der Waals surface area contributed by atoms with Gasteiger partial charge in [0, 0.05) is 26.2 Å². The second kappa shape index (κ2) is 8.58. The average molecular weight is 422 g/mol. The van der Waals surface area contributed by atoms with E-state index in [9.17, 15) is 25.5 Å². The van der Waals surface area contributed by atoms with Gasteiger partial charge in [0.05, 0.1) is 18.0 Å². The molecule has 0 unspecified atom stereocenters. The molecule has 0 saturated carbocycles. The largest absolute Gasteiger partial charge is 0.394 e. The Bertz CT molecular complexity index is 853. The highest BCUT2D eigenvalue weighted by Crippen LogP contribution is 2.35. The summed E-state index contributed by atoms with van der Waals surface area (Å²) in [6.07, 6.45) is -6.08. The minimum absolute atomic E-state index is 0.160. The van der Waals surface area contributed by atoms with E-state index < -0.39 is 36.9 Å². The molecule has 1 saturated heterocycles. The molecule has 1 fully saturated rings. The molecule has 5 atom stereocenters. The van der Waals surface area contributed by atoms with Crippen LogP contribution in [0.2, 0.25) is 0 Å². The van der Waals surface area contributed by atoms with Crippen LogP contribution in [0.4, 0.5) is 5.69 Å². The predicted octanol–water partition coefficient (Wildman–Crippen LogP) is -0.865. The number of benzene rings is 1. The third-order valence-corrected chi connectivity index (χ3v) is 5.40. The van der Waals surface area contributed by atoms with Crippen molar-refractivity contribution in [3.05, 3.63) is 41.2 Å². The molecule has 0 bridgehead atoms. The van der Waals surface area contributed by atoms with Gasteiger partial charge in [-0.05, 0) is 23.6 Å². The predicted molar refractivity (Wildman–Crippen MR) is 108 cm³/mol. The highest BCUT2D eigenvalue weighted by Gasteiger charge is 2.55. The molecule has 5 N–H and O–H groups in total. The van der Waals surface area contributed by atoms with Crippen molar-refractivity contribution in [1.29, 1.82) is 0 Å². The first kappa shape index (κ1) is 22.6. The first-order valence-electron chi connectivity index (χ1n) is 9.86. The molecule has 1 aliphatic heterocycles. The summed E-state index contributed by atoms with van der Waals surface area (Å²) in [5.41, 5.74) is 3.12. The number of aromatic nitrogens is 3. The number of ether oxygens (including phenoxy) is 1. The van der Waals surface area contributed by atoms with Crippen LogP contribution in [-0.4, -0.2) is 85.6 Å². The van der Waals surface area contributed by atoms with Crippen LogP contribution in [-0.2, 0) is 17.1 Å². The van der Waals surface area contributed by atoms with E-state index in [2.05, 4.69) is 10.3 Å². The van der Waals surface area contributed by atoms with Crippen molar-refractivity contribution < 1.29 is 30.3 Å². The highest BCUT2D eigenvalue weighted by molar-refractivity contribution is 5.46. The Hall–Kier alpha value is -2.08. The number of hydrogen-bond donors (Lipinski definition) is 5. The second-order valence-corrected chi connectivity index (χ2v) is 8.15. The van der Waals surface area contributed by atoms with Crippen LogP contribution < -0.4 is 4.90 Å². The molecular formula is C20H30N4O6. The molecule has 1 aliphatic rings. The lowest BCUT2D eigenvalue weighted by Gasteiger charge is -2.45. The Labute approximate surface area is 175 Å². The zero-order valence-corrected chi connectivity index (χ0v) is 17.5. The van der Waals surface area contributed by atoms with E-state index in [1.54, 1.807) is 0 Å². The molecule has 166 valence electrons. The van der Waals surface area contributed by atoms with E-state index in [1.165, 1.54) is 0 Å². The third-order valence-electron chi connectivity index (χ3n) is 5.40. The molecule has 2 aromatic rings. The molecule has 0 aliphatic carbocycles. The van der Waals surface area contributed by atoms with Gasteiger partial charge in [0.2, 0.25) is 0 Å². The molecule has 30 heavy (non-hydrogen) atoms. The molecule has 1 aromatic carbocycles. The van der Waals surface area contributed by atoms with Gasteiger partial charge in [-0.25, -0.2) is 0 Å². The Morgan fingerprint density at radius 3 is 2.30 bits per heavy atom. The molecule has 0 amide bonds. The van der Waals surface area contributed by atoms with Gasteiger partial charge in [0.25, 0.3) is 0 Å². The van der Waals surface area contributed by atoms with E-state index in [1.807, 2.05) is 57.1 Å². The summed E-state index contributed by atoms with van der Waals surface area (Å²) in [6, 6.07) is 7.92. The Kier molecular flexibility index (Phi) is 6.46. The molecule has 3 rings (SSSR count). The summed E-state index contributed by atoms with van der Waals surface area (Å²) in [5.74, 6) is -2.65. The maximum absolute atomic E-state index is 11.1. The van der Waals surface area contributed by atoms with Gasteiger partial charge in [-0.15, -0.1) is 5.10 Å². The van der Waals surface area contributed by atoms with Crippen molar-refractivity contribution in [2.45, 2.75) is 56.5 Å². The number of hydrogen-bond acceptors (Lipinski definition) is 9. The van der Waals surface area contributed by atoms with Crippen LogP contribution in [0.25, 0.3) is 0 Å². The maximum Gasteiger partial charge on any atom is 0.300 e. The molecule has 1 aromatic heterocycles. The fraction of sp³-hybridized carbons (Fsp3) is 0.600. The van der Waals surface area contributed by atoms with Crippen molar-refractivity contribution in [1.82, 2.24) is 15.0 Å². The topological polar surface area (TPSA) is 144 Å². The van der Waals surface area contributed by atoms with Crippen LogP contribution in [0.1, 0.15) is 36.7 Å². The molecule has 10 heteroatoms. The quantitative estimate of drug-likeness (QED) is 0.401. The monoisotopic (exact) mass is 422 g/mol. The average Bonchev–Trinajstić information content (AvgIpc) is 3.14. The fourth-order valence-corrected chi connectivity index (χ4v) is 3.68. The summed E-state index contributed by atoms with van der Waals surface area (Å²) in [4.78, 5) is 1.99. The second-order valence-electron chi connectivity index (χ2n) is 8.15. The first-order chi connectivity index (χ1) is 14.1. The van der Waals surface area contributed by atoms with Gasteiger partial charge in [0.1, 0.15) is 18.3 Å². The number of aliphatic hydroxyl groups excluding tert-OH is 4. The number of aliphatic hydroxyl groups is 5. The van der Waals surface area contributed by atoms with Crippen molar-refractivity contribution >= 4 is 5.69 Å². The van der Waals surface area contributed by atoms with Crippen LogP contribution in [0.3, 0.4) is 0 Å². The Balaban J connectivity index is 1.97. The van der Waals surface area contributed by atoms with Gasteiger partial charge in [0.15, 0.2) is 6.10 Å². The minimum Gasteiger partial charge on any atom is -0.394 e. The normalized spacial score (nSPS) is 29.4. The molecule has 0 spiro atoms. The van der Waals surface area contributed by atoms with Crippen LogP contribution in [0.5, 0.6) is 0 Å². The molecule has 0 radical (unpaired) electrons. The van der Waals surface area contributed by atoms with Gasteiger partial charge in [-0.3, -0.25) is 0 Å². The first-order valence-corrected chi connectivity index (χ1v) is 9.86. The van der Waals surface area contributed by atoms with E-state index in [4.69, 9.17) is 4.74 Å². The third kappa shape index (κ3) is 3.94. The minimum atomic E-state index is -2.49. The molecular weight excluding hydrogens is 392 g/mol. The van der Waals surface area contributed by atoms with E-state index >= 15 is 0 Å². The number of rotatable bonds is 6. The maximum atomic E-state index is 11.1. The summed E-state index contributed by atoms with van der Waals surface area (Å²) < 4.78 is 6.43. The highest BCUT2D eigenvalue weighted by atomic mass is 16.7. The lowest BCUT2D eigenvalue weighted by molar-refractivity contribution is -0.396. The van der Waals surface area contributed by atoms with E-state index in [0.717, 1.165) is 15.9 Å². The van der Waals surface area contributed by atoms with Crippen LogP contribution in [0.15, 0.2) is 24.3 Å². The Morgan fingerprint density at radius 1 is 1.13 bits per heavy atom. The lowest BCUT2D eigenvalue weighted by Crippen LogP contribution is -2.66. The molecule has 10 nitrogen and oxygen atoms in total. The van der Waals surface area contributed by atoms with Crippen LogP contribution in [0, 0.1) is 0 Å². The molecule has 2 heterocycles. The van der Waals surface area contributed by atoms with Crippen molar-refractivity contribution in [2.24, 2.45) is 0 Å². The van der Waals surface area contributed by atoms with Crippen molar-refractivity contribution in [2.75, 3.05) is 25.6 Å². The van der Waals surface area contributed by atoms with Crippen molar-refractivity contribution in [3.63, 3.8) is 0 Å². The zero-order chi connectivity index (χ0) is 22.2. The summed E-state index contributed by atoms with van der Waals surface area (Å²) in [6.45, 7) is 3.09. The van der Waals surface area contributed by atoms with Gasteiger partial charge in [-0.1, -0.05) is 31.2 Å². The van der Waals surface area contributed by atoms with Gasteiger partial charge in [-0.2, -0.15) is 4.68 Å². The van der Waals surface area contributed by atoms with Gasteiger partial charge < -0.3 is 35.2 Å². The standard InChI is InChI=1S/C20H30N4O6/c1-11(2)16-14(9-12-5-7-13(8-6-12)23(3)4)21-22-24(16)20(29)19(28)18(27)17(26)15(10-25)30-20/h5-8,11,15,17-19,25-29H,9-10H2,1-4H3/t15-,17-,18+,19-,20+/m1/s1. The fourth-order valence-electron chi connectivity index (χ4n) is 3.68. The smallest absolute Gasteiger partial charge is 0.300 e. The van der Waals surface area contributed by atoms with Gasteiger partial charge >= 0.3 is 5.91 Å². The van der Waals surface area contributed by atoms with E-state index in [0.29, 0.717) is 17.8 Å². The summed E-state index contributed by atoms with van der Waals surface area (Å²) in [7, 11) is 3.91. The zero-order valence-electron chi connectivity index (χ0n) is 17.5. The van der Waals surface area contributed by atoms with E-state index in [-0.39, 0.29) is 5.92 Å². The van der Waals surface area contributed by atoms with Crippen LogP contribution >= 0.6 is 0 Å².